The van der Waals surface area contributed by atoms with Crippen LogP contribution in [0.4, 0.5) is 4.39 Å². The van der Waals surface area contributed by atoms with Crippen LogP contribution < -0.4 is 10.1 Å². The number of ether oxygens (including phenoxy) is 1. The first kappa shape index (κ1) is 24.6. The Morgan fingerprint density at radius 3 is 2.62 bits per heavy atom. The quantitative estimate of drug-likeness (QED) is 0.347. The molecule has 0 unspecified atom stereocenters. The average Bonchev–Trinajstić information content (AvgIpc) is 3.55. The van der Waals surface area contributed by atoms with Gasteiger partial charge in [0.15, 0.2) is 0 Å². The molecule has 2 heterocycles. The number of amides is 2. The maximum absolute atomic E-state index is 13.8. The molecule has 5 rings (SSSR count). The number of nitrogens with one attached hydrogen (secondary N) is 1. The number of carbonyl (C=O) groups excluding carboxylic acids is 2. The normalized spacial score (nSPS) is 12.1. The summed E-state index contributed by atoms with van der Waals surface area (Å²) in [6, 6.07) is 21.3. The maximum Gasteiger partial charge on any atom is 0.274 e. The van der Waals surface area contributed by atoms with E-state index in [4.69, 9.17) is 4.74 Å². The van der Waals surface area contributed by atoms with Crippen molar-refractivity contribution in [3.8, 4) is 16.2 Å². The van der Waals surface area contributed by atoms with E-state index in [-0.39, 0.29) is 30.7 Å². The van der Waals surface area contributed by atoms with E-state index in [1.807, 2.05) is 49.4 Å². The second-order valence-electron chi connectivity index (χ2n) is 8.78. The number of aryl methyl sites for hydroxylation is 1. The van der Waals surface area contributed by atoms with Crippen molar-refractivity contribution in [1.29, 1.82) is 0 Å². The zero-order valence-corrected chi connectivity index (χ0v) is 21.2. The number of halogens is 1. The van der Waals surface area contributed by atoms with Crippen molar-refractivity contribution in [3.63, 3.8) is 0 Å². The number of carbonyl (C=O) groups is 2. The minimum Gasteiger partial charge on any atom is -0.492 e. The topological polar surface area (TPSA) is 71.5 Å². The minimum absolute atomic E-state index is 0.234. The van der Waals surface area contributed by atoms with Crippen LogP contribution in [0.2, 0.25) is 0 Å². The zero-order valence-electron chi connectivity index (χ0n) is 20.4. The van der Waals surface area contributed by atoms with E-state index in [0.717, 1.165) is 28.1 Å². The van der Waals surface area contributed by atoms with Gasteiger partial charge in [-0.2, -0.15) is 0 Å². The number of rotatable bonds is 8. The van der Waals surface area contributed by atoms with Gasteiger partial charge in [-0.1, -0.05) is 54.6 Å². The second kappa shape index (κ2) is 10.9. The lowest BCUT2D eigenvalue weighted by Crippen LogP contribution is -2.38. The van der Waals surface area contributed by atoms with Crippen molar-refractivity contribution in [1.82, 2.24) is 15.2 Å². The van der Waals surface area contributed by atoms with Crippen molar-refractivity contribution in [3.05, 3.63) is 106 Å². The minimum atomic E-state index is -0.339. The Kier molecular flexibility index (Phi) is 7.28. The Morgan fingerprint density at radius 2 is 1.84 bits per heavy atom. The van der Waals surface area contributed by atoms with Crippen molar-refractivity contribution < 1.29 is 18.7 Å². The van der Waals surface area contributed by atoms with Crippen LogP contribution in [-0.4, -0.2) is 41.4 Å². The molecule has 0 aliphatic carbocycles. The summed E-state index contributed by atoms with van der Waals surface area (Å²) in [6.45, 7) is 3.32. The molecule has 37 heavy (non-hydrogen) atoms. The molecule has 0 saturated carbocycles. The zero-order chi connectivity index (χ0) is 25.8. The third-order valence-electron chi connectivity index (χ3n) is 6.17. The highest BCUT2D eigenvalue weighted by Crippen LogP contribution is 2.32. The lowest BCUT2D eigenvalue weighted by Gasteiger charge is -2.23. The summed E-state index contributed by atoms with van der Waals surface area (Å²) < 4.78 is 19.2. The summed E-state index contributed by atoms with van der Waals surface area (Å²) >= 11 is 1.40. The Morgan fingerprint density at radius 1 is 1.05 bits per heavy atom. The second-order valence-corrected chi connectivity index (χ2v) is 9.98. The van der Waals surface area contributed by atoms with Gasteiger partial charge in [-0.25, -0.2) is 9.37 Å². The predicted octanol–water partition coefficient (Wildman–Crippen LogP) is 5.26. The van der Waals surface area contributed by atoms with Gasteiger partial charge in [0.1, 0.15) is 17.3 Å². The Labute approximate surface area is 218 Å². The standard InChI is InChI=1S/C29H26FN3O3S/c1-19-32-25(27(37-19)22-10-12-23(30)13-11-22)29(35)33(18-20-6-3-2-4-7-20)16-15-31-28(34)24-9-5-8-21-14-17-36-26(21)24/h2-13H,14-18H2,1H3,(H,31,34). The number of fused-ring (bicyclic) bond motifs is 1. The van der Waals surface area contributed by atoms with Crippen LogP contribution in [-0.2, 0) is 13.0 Å². The molecule has 0 bridgehead atoms. The number of hydrogen-bond acceptors (Lipinski definition) is 5. The molecule has 0 spiro atoms. The smallest absolute Gasteiger partial charge is 0.274 e. The van der Waals surface area contributed by atoms with E-state index in [1.54, 1.807) is 23.1 Å². The van der Waals surface area contributed by atoms with Gasteiger partial charge in [0.2, 0.25) is 0 Å². The number of nitrogens with zero attached hydrogens (tertiary/aromatic N) is 2. The third kappa shape index (κ3) is 5.54. The van der Waals surface area contributed by atoms with Crippen LogP contribution in [0.15, 0.2) is 72.8 Å². The van der Waals surface area contributed by atoms with Crippen LogP contribution in [0.5, 0.6) is 5.75 Å². The van der Waals surface area contributed by atoms with Crippen molar-refractivity contribution in [2.45, 2.75) is 19.9 Å². The molecule has 1 aliphatic rings. The highest BCUT2D eigenvalue weighted by Gasteiger charge is 2.25. The van der Waals surface area contributed by atoms with E-state index in [9.17, 15) is 14.0 Å². The summed E-state index contributed by atoms with van der Waals surface area (Å²) in [5, 5.41) is 3.68. The monoisotopic (exact) mass is 515 g/mol. The largest absolute Gasteiger partial charge is 0.492 e. The number of hydrogen-bond donors (Lipinski definition) is 1. The van der Waals surface area contributed by atoms with Gasteiger partial charge in [0.05, 0.1) is 22.1 Å². The predicted molar refractivity (Wildman–Crippen MR) is 141 cm³/mol. The molecule has 3 aromatic carbocycles. The summed E-state index contributed by atoms with van der Waals surface area (Å²) in [7, 11) is 0. The molecule has 0 fully saturated rings. The van der Waals surface area contributed by atoms with E-state index < -0.39 is 0 Å². The van der Waals surface area contributed by atoms with Gasteiger partial charge in [0.25, 0.3) is 11.8 Å². The van der Waals surface area contributed by atoms with Gasteiger partial charge < -0.3 is 15.0 Å². The highest BCUT2D eigenvalue weighted by atomic mass is 32.1. The summed E-state index contributed by atoms with van der Waals surface area (Å²) in [6.07, 6.45) is 0.791. The molecule has 0 radical (unpaired) electrons. The number of thiazole rings is 1. The Bertz CT molecular complexity index is 1420. The van der Waals surface area contributed by atoms with Crippen molar-refractivity contribution in [2.24, 2.45) is 0 Å². The highest BCUT2D eigenvalue weighted by molar-refractivity contribution is 7.15. The molecule has 1 aliphatic heterocycles. The first-order chi connectivity index (χ1) is 18.0. The first-order valence-corrected chi connectivity index (χ1v) is 12.9. The molecule has 4 aromatic rings. The number of para-hydroxylation sites is 1. The van der Waals surface area contributed by atoms with E-state index in [1.165, 1.54) is 23.5 Å². The average molecular weight is 516 g/mol. The molecule has 1 N–H and O–H groups in total. The molecule has 0 atom stereocenters. The number of benzene rings is 3. The fourth-order valence-corrected chi connectivity index (χ4v) is 5.28. The van der Waals surface area contributed by atoms with Crippen molar-refractivity contribution >= 4 is 23.2 Å². The fourth-order valence-electron chi connectivity index (χ4n) is 4.37. The van der Waals surface area contributed by atoms with Crippen molar-refractivity contribution in [2.75, 3.05) is 19.7 Å². The van der Waals surface area contributed by atoms with Crippen LogP contribution in [0.1, 0.15) is 37.0 Å². The third-order valence-corrected chi connectivity index (χ3v) is 7.19. The number of aromatic nitrogens is 1. The van der Waals surface area contributed by atoms with Gasteiger partial charge in [-0.05, 0) is 41.8 Å². The molecular weight excluding hydrogens is 489 g/mol. The van der Waals surface area contributed by atoms with Gasteiger partial charge in [-0.15, -0.1) is 11.3 Å². The Hall–Kier alpha value is -4.04. The summed E-state index contributed by atoms with van der Waals surface area (Å²) in [4.78, 5) is 33.6. The van der Waals surface area contributed by atoms with Crippen LogP contribution in [0.25, 0.3) is 10.4 Å². The van der Waals surface area contributed by atoms with Crippen LogP contribution >= 0.6 is 11.3 Å². The van der Waals surface area contributed by atoms with E-state index >= 15 is 0 Å². The van der Waals surface area contributed by atoms with E-state index in [2.05, 4.69) is 10.3 Å². The molecule has 2 amide bonds. The lowest BCUT2D eigenvalue weighted by molar-refractivity contribution is 0.0732. The molecule has 188 valence electrons. The fraction of sp³-hybridized carbons (Fsp3) is 0.207. The Balaban J connectivity index is 1.36. The van der Waals surface area contributed by atoms with Crippen LogP contribution in [0.3, 0.4) is 0 Å². The van der Waals surface area contributed by atoms with Gasteiger partial charge in [0, 0.05) is 26.1 Å². The maximum atomic E-state index is 13.8. The van der Waals surface area contributed by atoms with E-state index in [0.29, 0.717) is 35.0 Å². The lowest BCUT2D eigenvalue weighted by atomic mass is 10.1. The molecule has 6 nitrogen and oxygen atoms in total. The molecule has 1 aromatic heterocycles. The SMILES string of the molecule is Cc1nc(C(=O)N(CCNC(=O)c2cccc3c2OCC3)Cc2ccccc2)c(-c2ccc(F)cc2)s1. The van der Waals surface area contributed by atoms with Gasteiger partial charge in [-0.3, -0.25) is 9.59 Å². The molecular formula is C29H26FN3O3S. The van der Waals surface area contributed by atoms with Crippen LogP contribution in [0, 0.1) is 12.7 Å². The van der Waals surface area contributed by atoms with Gasteiger partial charge >= 0.3 is 0 Å². The molecule has 0 saturated heterocycles. The first-order valence-electron chi connectivity index (χ1n) is 12.1. The summed E-state index contributed by atoms with van der Waals surface area (Å²) in [5.41, 5.74) is 3.56. The molecule has 8 heteroatoms. The summed E-state index contributed by atoms with van der Waals surface area (Å²) in [5.74, 6) is -0.180.